The molecule has 0 aromatic carbocycles. The van der Waals surface area contributed by atoms with Crippen molar-refractivity contribution in [1.82, 2.24) is 14.5 Å². The molecule has 1 amide bonds. The summed E-state index contributed by atoms with van der Waals surface area (Å²) >= 11 is 0. The number of imidazole rings is 1. The van der Waals surface area contributed by atoms with Crippen LogP contribution in [-0.4, -0.2) is 49.6 Å². The minimum atomic E-state index is -0.565. The highest BCUT2D eigenvalue weighted by Crippen LogP contribution is 2.25. The number of hydrogen-bond acceptors (Lipinski definition) is 5. The van der Waals surface area contributed by atoms with Crippen molar-refractivity contribution in [2.24, 2.45) is 0 Å². The first-order valence-electron chi connectivity index (χ1n) is 6.68. The molecule has 0 atom stereocenters. The lowest BCUT2D eigenvalue weighted by Crippen LogP contribution is -2.45. The van der Waals surface area contributed by atoms with E-state index in [1.807, 2.05) is 0 Å². The Bertz CT molecular complexity index is 484. The SMILES string of the molecule is O=C(CCn1cnc([N+](=O)[O-])c1)N(CCO)C1CCC1. The number of rotatable bonds is 7. The van der Waals surface area contributed by atoms with Gasteiger partial charge in [-0.25, -0.2) is 0 Å². The van der Waals surface area contributed by atoms with Crippen LogP contribution in [0.4, 0.5) is 5.82 Å². The molecule has 1 heterocycles. The van der Waals surface area contributed by atoms with E-state index in [9.17, 15) is 14.9 Å². The minimum absolute atomic E-state index is 0.0277. The number of nitrogens with zero attached hydrogens (tertiary/aromatic N) is 4. The standard InChI is InChI=1S/C12H18N4O4/c17-7-6-15(10-2-1-3-10)12(18)4-5-14-8-11(13-9-14)16(19)20/h8-10,17H,1-7H2. The first kappa shape index (κ1) is 14.4. The molecule has 1 aliphatic rings. The summed E-state index contributed by atoms with van der Waals surface area (Å²) in [5.74, 6) is -0.247. The zero-order valence-corrected chi connectivity index (χ0v) is 11.1. The molecule has 1 aromatic heterocycles. The summed E-state index contributed by atoms with van der Waals surface area (Å²) in [6, 6.07) is 0.242. The molecule has 0 bridgehead atoms. The second kappa shape index (κ2) is 6.47. The molecule has 8 heteroatoms. The third-order valence-corrected chi connectivity index (χ3v) is 3.57. The van der Waals surface area contributed by atoms with E-state index in [2.05, 4.69) is 4.98 Å². The van der Waals surface area contributed by atoms with Crippen molar-refractivity contribution in [2.75, 3.05) is 13.2 Å². The highest BCUT2D eigenvalue weighted by Gasteiger charge is 2.28. The molecule has 0 spiro atoms. The molecule has 2 rings (SSSR count). The average Bonchev–Trinajstić information content (AvgIpc) is 2.82. The number of hydrogen-bond donors (Lipinski definition) is 1. The number of nitro groups is 1. The fourth-order valence-electron chi connectivity index (χ4n) is 2.25. The van der Waals surface area contributed by atoms with E-state index in [4.69, 9.17) is 5.11 Å². The van der Waals surface area contributed by atoms with Gasteiger partial charge in [-0.2, -0.15) is 0 Å². The van der Waals surface area contributed by atoms with E-state index < -0.39 is 4.92 Å². The van der Waals surface area contributed by atoms with Crippen molar-refractivity contribution in [2.45, 2.75) is 38.3 Å². The van der Waals surface area contributed by atoms with E-state index in [0.29, 0.717) is 13.1 Å². The zero-order valence-electron chi connectivity index (χ0n) is 11.1. The number of aromatic nitrogens is 2. The summed E-state index contributed by atoms with van der Waals surface area (Å²) in [6.45, 7) is 0.667. The maximum absolute atomic E-state index is 12.1. The predicted molar refractivity (Wildman–Crippen MR) is 69.9 cm³/mol. The quantitative estimate of drug-likeness (QED) is 0.581. The Labute approximate surface area is 116 Å². The molecule has 110 valence electrons. The molecule has 0 saturated heterocycles. The number of amides is 1. The number of aliphatic hydroxyl groups excluding tert-OH is 1. The van der Waals surface area contributed by atoms with Crippen LogP contribution in [0, 0.1) is 10.1 Å². The summed E-state index contributed by atoms with van der Waals surface area (Å²) in [7, 11) is 0. The highest BCUT2D eigenvalue weighted by atomic mass is 16.6. The maximum Gasteiger partial charge on any atom is 0.381 e. The van der Waals surface area contributed by atoms with Gasteiger partial charge in [-0.1, -0.05) is 0 Å². The second-order valence-electron chi connectivity index (χ2n) is 4.87. The van der Waals surface area contributed by atoms with Gasteiger partial charge >= 0.3 is 5.82 Å². The summed E-state index contributed by atoms with van der Waals surface area (Å²) in [5, 5.41) is 19.5. The van der Waals surface area contributed by atoms with Gasteiger partial charge in [0, 0.05) is 25.6 Å². The van der Waals surface area contributed by atoms with Crippen LogP contribution in [0.15, 0.2) is 12.5 Å². The van der Waals surface area contributed by atoms with Gasteiger partial charge in [0.15, 0.2) is 0 Å². The molecule has 1 aromatic rings. The van der Waals surface area contributed by atoms with Crippen molar-refractivity contribution < 1.29 is 14.8 Å². The number of aliphatic hydroxyl groups is 1. The monoisotopic (exact) mass is 282 g/mol. The van der Waals surface area contributed by atoms with Gasteiger partial charge in [0.05, 0.1) is 6.61 Å². The second-order valence-corrected chi connectivity index (χ2v) is 4.87. The third-order valence-electron chi connectivity index (χ3n) is 3.57. The van der Waals surface area contributed by atoms with Crippen LogP contribution in [0.3, 0.4) is 0 Å². The van der Waals surface area contributed by atoms with Gasteiger partial charge in [0.1, 0.15) is 6.20 Å². The highest BCUT2D eigenvalue weighted by molar-refractivity contribution is 5.76. The first-order valence-corrected chi connectivity index (χ1v) is 6.68. The van der Waals surface area contributed by atoms with Crippen LogP contribution in [0.1, 0.15) is 25.7 Å². The van der Waals surface area contributed by atoms with Crippen LogP contribution in [0.2, 0.25) is 0 Å². The van der Waals surface area contributed by atoms with Gasteiger partial charge < -0.3 is 24.7 Å². The van der Waals surface area contributed by atoms with E-state index in [1.165, 1.54) is 17.1 Å². The molecule has 0 aliphatic heterocycles. The van der Waals surface area contributed by atoms with E-state index in [0.717, 1.165) is 19.3 Å². The van der Waals surface area contributed by atoms with Crippen molar-refractivity contribution in [3.8, 4) is 0 Å². The Hall–Kier alpha value is -1.96. The van der Waals surface area contributed by atoms with Gasteiger partial charge in [-0.15, -0.1) is 0 Å². The molecular weight excluding hydrogens is 264 g/mol. The molecule has 1 saturated carbocycles. The Morgan fingerprint density at radius 1 is 1.60 bits per heavy atom. The topological polar surface area (TPSA) is 102 Å². The molecule has 1 aliphatic carbocycles. The summed E-state index contributed by atoms with van der Waals surface area (Å²) in [4.78, 5) is 27.4. The van der Waals surface area contributed by atoms with Crippen molar-refractivity contribution in [3.63, 3.8) is 0 Å². The zero-order chi connectivity index (χ0) is 14.5. The van der Waals surface area contributed by atoms with Crippen LogP contribution >= 0.6 is 0 Å². The fraction of sp³-hybridized carbons (Fsp3) is 0.667. The lowest BCUT2D eigenvalue weighted by molar-refractivity contribution is -0.389. The lowest BCUT2D eigenvalue weighted by Gasteiger charge is -2.37. The van der Waals surface area contributed by atoms with Gasteiger partial charge in [0.2, 0.25) is 12.2 Å². The van der Waals surface area contributed by atoms with E-state index >= 15 is 0 Å². The maximum atomic E-state index is 12.1. The molecule has 0 unspecified atom stereocenters. The predicted octanol–water partition coefficient (Wildman–Crippen LogP) is 0.555. The van der Waals surface area contributed by atoms with Crippen molar-refractivity contribution in [3.05, 3.63) is 22.6 Å². The van der Waals surface area contributed by atoms with Crippen molar-refractivity contribution in [1.29, 1.82) is 0 Å². The average molecular weight is 282 g/mol. The van der Waals surface area contributed by atoms with Crippen molar-refractivity contribution >= 4 is 11.7 Å². The summed E-state index contributed by atoms with van der Waals surface area (Å²) in [5.41, 5.74) is 0. The van der Waals surface area contributed by atoms with Crippen LogP contribution < -0.4 is 0 Å². The Balaban J connectivity index is 1.87. The number of aryl methyl sites for hydroxylation is 1. The van der Waals surface area contributed by atoms with Crippen LogP contribution in [0.5, 0.6) is 0 Å². The fourth-order valence-corrected chi connectivity index (χ4v) is 2.25. The summed E-state index contributed by atoms with van der Waals surface area (Å²) < 4.78 is 1.54. The Kier molecular flexibility index (Phi) is 4.67. The lowest BCUT2D eigenvalue weighted by atomic mass is 9.91. The Morgan fingerprint density at radius 2 is 2.35 bits per heavy atom. The van der Waals surface area contributed by atoms with E-state index in [1.54, 1.807) is 4.90 Å². The molecule has 1 fully saturated rings. The third kappa shape index (κ3) is 3.32. The largest absolute Gasteiger partial charge is 0.395 e. The van der Waals surface area contributed by atoms with Gasteiger partial charge in [0.25, 0.3) is 0 Å². The number of carbonyl (C=O) groups is 1. The van der Waals surface area contributed by atoms with Crippen LogP contribution in [0.25, 0.3) is 0 Å². The first-order chi connectivity index (χ1) is 9.61. The van der Waals surface area contributed by atoms with Gasteiger partial charge in [-0.3, -0.25) is 4.79 Å². The molecule has 8 nitrogen and oxygen atoms in total. The summed E-state index contributed by atoms with van der Waals surface area (Å²) in [6.07, 6.45) is 6.01. The molecule has 0 radical (unpaired) electrons. The molecule has 1 N–H and O–H groups in total. The van der Waals surface area contributed by atoms with E-state index in [-0.39, 0.29) is 30.8 Å². The number of carbonyl (C=O) groups excluding carboxylic acids is 1. The van der Waals surface area contributed by atoms with Gasteiger partial charge in [-0.05, 0) is 29.2 Å². The molecule has 20 heavy (non-hydrogen) atoms. The van der Waals surface area contributed by atoms with Crippen LogP contribution in [-0.2, 0) is 11.3 Å². The minimum Gasteiger partial charge on any atom is -0.395 e. The smallest absolute Gasteiger partial charge is 0.381 e. The normalized spacial score (nSPS) is 14.8. The molecular formula is C12H18N4O4. The Morgan fingerprint density at radius 3 is 2.85 bits per heavy atom.